The standard InChI is InChI=1S/C20H29FN2O2/c1-2-3-4-5-6-7-19(24)23(18-12-10-17(21)11-13-18)15-14-22-20(25)16-8-9-16/h10-13,16H,2-9,14-15H2,1H3,(H,22,25). The van der Waals surface area contributed by atoms with Gasteiger partial charge in [0.15, 0.2) is 0 Å². The van der Waals surface area contributed by atoms with E-state index in [4.69, 9.17) is 0 Å². The second-order valence-electron chi connectivity index (χ2n) is 6.75. The molecule has 0 aliphatic heterocycles. The third-order valence-electron chi connectivity index (χ3n) is 4.52. The fourth-order valence-corrected chi connectivity index (χ4v) is 2.81. The van der Waals surface area contributed by atoms with Crippen LogP contribution in [-0.2, 0) is 9.59 Å². The number of carbonyl (C=O) groups excluding carboxylic acids is 2. The van der Waals surface area contributed by atoms with Crippen molar-refractivity contribution >= 4 is 17.5 Å². The second-order valence-corrected chi connectivity index (χ2v) is 6.75. The summed E-state index contributed by atoms with van der Waals surface area (Å²) in [5.74, 6) is -0.0545. The van der Waals surface area contributed by atoms with Crippen LogP contribution in [0.3, 0.4) is 0 Å². The predicted molar refractivity (Wildman–Crippen MR) is 97.9 cm³/mol. The fourth-order valence-electron chi connectivity index (χ4n) is 2.81. The normalized spacial score (nSPS) is 13.5. The first-order valence-corrected chi connectivity index (χ1v) is 9.45. The van der Waals surface area contributed by atoms with E-state index in [-0.39, 0.29) is 23.5 Å². The van der Waals surface area contributed by atoms with Crippen LogP contribution in [0.1, 0.15) is 58.3 Å². The van der Waals surface area contributed by atoms with E-state index >= 15 is 0 Å². The summed E-state index contributed by atoms with van der Waals surface area (Å²) in [5.41, 5.74) is 0.681. The van der Waals surface area contributed by atoms with Gasteiger partial charge in [0.25, 0.3) is 0 Å². The van der Waals surface area contributed by atoms with E-state index in [0.29, 0.717) is 25.2 Å². The lowest BCUT2D eigenvalue weighted by molar-refractivity contribution is -0.122. The van der Waals surface area contributed by atoms with Gasteiger partial charge in [0.1, 0.15) is 5.82 Å². The molecule has 138 valence electrons. The number of benzene rings is 1. The molecule has 0 atom stereocenters. The number of unbranched alkanes of at least 4 members (excludes halogenated alkanes) is 4. The van der Waals surface area contributed by atoms with Crippen molar-refractivity contribution in [2.24, 2.45) is 5.92 Å². The molecule has 1 aromatic carbocycles. The minimum Gasteiger partial charge on any atom is -0.354 e. The lowest BCUT2D eigenvalue weighted by atomic mass is 10.1. The quantitative estimate of drug-likeness (QED) is 0.614. The molecular formula is C20H29FN2O2. The minimum atomic E-state index is -0.322. The van der Waals surface area contributed by atoms with Gasteiger partial charge in [0, 0.05) is 31.1 Å². The van der Waals surface area contributed by atoms with Crippen molar-refractivity contribution in [3.05, 3.63) is 30.1 Å². The van der Waals surface area contributed by atoms with Gasteiger partial charge in [-0.05, 0) is 43.5 Å². The smallest absolute Gasteiger partial charge is 0.227 e. The molecule has 1 aromatic rings. The number of anilines is 1. The molecule has 4 nitrogen and oxygen atoms in total. The summed E-state index contributed by atoms with van der Waals surface area (Å²) in [6.45, 7) is 3.00. The molecule has 25 heavy (non-hydrogen) atoms. The van der Waals surface area contributed by atoms with Crippen LogP contribution in [0.2, 0.25) is 0 Å². The Bertz CT molecular complexity index is 555. The number of halogens is 1. The fraction of sp³-hybridized carbons (Fsp3) is 0.600. The van der Waals surface area contributed by atoms with Gasteiger partial charge in [-0.1, -0.05) is 32.6 Å². The lowest BCUT2D eigenvalue weighted by Gasteiger charge is -2.23. The van der Waals surface area contributed by atoms with Crippen molar-refractivity contribution in [1.29, 1.82) is 0 Å². The summed E-state index contributed by atoms with van der Waals surface area (Å²) in [5, 5.41) is 2.89. The highest BCUT2D eigenvalue weighted by atomic mass is 19.1. The lowest BCUT2D eigenvalue weighted by Crippen LogP contribution is -2.39. The third kappa shape index (κ3) is 6.85. The average Bonchev–Trinajstić information content (AvgIpc) is 3.44. The Morgan fingerprint density at radius 3 is 2.44 bits per heavy atom. The van der Waals surface area contributed by atoms with E-state index < -0.39 is 0 Å². The van der Waals surface area contributed by atoms with Crippen LogP contribution in [0, 0.1) is 11.7 Å². The van der Waals surface area contributed by atoms with Gasteiger partial charge in [-0.15, -0.1) is 0 Å². The highest BCUT2D eigenvalue weighted by Gasteiger charge is 2.29. The predicted octanol–water partition coefficient (Wildman–Crippen LogP) is 4.05. The van der Waals surface area contributed by atoms with Crippen molar-refractivity contribution in [1.82, 2.24) is 5.32 Å². The van der Waals surface area contributed by atoms with Crippen molar-refractivity contribution in [2.45, 2.75) is 58.3 Å². The number of hydrogen-bond donors (Lipinski definition) is 1. The largest absolute Gasteiger partial charge is 0.354 e. The monoisotopic (exact) mass is 348 g/mol. The van der Waals surface area contributed by atoms with Crippen LogP contribution in [0.4, 0.5) is 10.1 Å². The van der Waals surface area contributed by atoms with E-state index in [9.17, 15) is 14.0 Å². The van der Waals surface area contributed by atoms with Gasteiger partial charge in [0.2, 0.25) is 11.8 Å². The SMILES string of the molecule is CCCCCCCC(=O)N(CCNC(=O)C1CC1)c1ccc(F)cc1. The maximum Gasteiger partial charge on any atom is 0.227 e. The van der Waals surface area contributed by atoms with E-state index in [0.717, 1.165) is 32.1 Å². The van der Waals surface area contributed by atoms with Crippen molar-refractivity contribution in [3.8, 4) is 0 Å². The van der Waals surface area contributed by atoms with Gasteiger partial charge < -0.3 is 10.2 Å². The number of nitrogens with one attached hydrogen (secondary N) is 1. The zero-order valence-corrected chi connectivity index (χ0v) is 15.1. The molecule has 2 amide bonds. The Labute approximate surface area is 149 Å². The Morgan fingerprint density at radius 1 is 1.12 bits per heavy atom. The molecule has 1 saturated carbocycles. The summed E-state index contributed by atoms with van der Waals surface area (Å²) in [6, 6.07) is 5.96. The van der Waals surface area contributed by atoms with E-state index in [1.807, 2.05) is 0 Å². The van der Waals surface area contributed by atoms with E-state index in [1.165, 1.54) is 25.0 Å². The molecule has 0 radical (unpaired) electrons. The summed E-state index contributed by atoms with van der Waals surface area (Å²) in [7, 11) is 0. The average molecular weight is 348 g/mol. The number of carbonyl (C=O) groups is 2. The van der Waals surface area contributed by atoms with Crippen LogP contribution in [0.25, 0.3) is 0 Å². The molecule has 0 unspecified atom stereocenters. The van der Waals surface area contributed by atoms with Gasteiger partial charge in [-0.25, -0.2) is 4.39 Å². The molecule has 0 spiro atoms. The molecular weight excluding hydrogens is 319 g/mol. The van der Waals surface area contributed by atoms with Gasteiger partial charge in [-0.2, -0.15) is 0 Å². The topological polar surface area (TPSA) is 49.4 Å². The van der Waals surface area contributed by atoms with Crippen LogP contribution in [-0.4, -0.2) is 24.9 Å². The first-order chi connectivity index (χ1) is 12.1. The summed E-state index contributed by atoms with van der Waals surface area (Å²) in [4.78, 5) is 26.0. The molecule has 0 aromatic heterocycles. The molecule has 1 aliphatic rings. The van der Waals surface area contributed by atoms with Crippen molar-refractivity contribution < 1.29 is 14.0 Å². The second kappa shape index (κ2) is 10.2. The molecule has 1 aliphatic carbocycles. The van der Waals surface area contributed by atoms with Gasteiger partial charge >= 0.3 is 0 Å². The molecule has 1 N–H and O–H groups in total. The highest BCUT2D eigenvalue weighted by molar-refractivity contribution is 5.93. The molecule has 1 fully saturated rings. The molecule has 2 rings (SSSR count). The summed E-state index contributed by atoms with van der Waals surface area (Å²) in [6.07, 6.45) is 7.85. The summed E-state index contributed by atoms with van der Waals surface area (Å²) >= 11 is 0. The zero-order valence-electron chi connectivity index (χ0n) is 15.1. The maximum atomic E-state index is 13.2. The molecule has 0 bridgehead atoms. The Balaban J connectivity index is 1.87. The molecule has 0 heterocycles. The number of hydrogen-bond acceptors (Lipinski definition) is 2. The van der Waals surface area contributed by atoms with E-state index in [2.05, 4.69) is 12.2 Å². The number of rotatable bonds is 11. The van der Waals surface area contributed by atoms with Crippen LogP contribution >= 0.6 is 0 Å². The number of nitrogens with zero attached hydrogens (tertiary/aromatic N) is 1. The Hall–Kier alpha value is -1.91. The zero-order chi connectivity index (χ0) is 18.1. The first-order valence-electron chi connectivity index (χ1n) is 9.45. The van der Waals surface area contributed by atoms with Crippen molar-refractivity contribution in [2.75, 3.05) is 18.0 Å². The van der Waals surface area contributed by atoms with Crippen molar-refractivity contribution in [3.63, 3.8) is 0 Å². The first kappa shape index (κ1) is 19.4. The maximum absolute atomic E-state index is 13.2. The summed E-state index contributed by atoms with van der Waals surface area (Å²) < 4.78 is 13.2. The minimum absolute atomic E-state index is 0.0313. The highest BCUT2D eigenvalue weighted by Crippen LogP contribution is 2.28. The van der Waals surface area contributed by atoms with Crippen LogP contribution in [0.15, 0.2) is 24.3 Å². The van der Waals surface area contributed by atoms with Gasteiger partial charge in [0.05, 0.1) is 0 Å². The Morgan fingerprint density at radius 2 is 1.80 bits per heavy atom. The molecule has 0 saturated heterocycles. The van der Waals surface area contributed by atoms with E-state index in [1.54, 1.807) is 17.0 Å². The number of amides is 2. The van der Waals surface area contributed by atoms with Crippen LogP contribution < -0.4 is 10.2 Å². The molecule has 5 heteroatoms. The Kier molecular flexibility index (Phi) is 7.89. The van der Waals surface area contributed by atoms with Crippen LogP contribution in [0.5, 0.6) is 0 Å². The van der Waals surface area contributed by atoms with Gasteiger partial charge in [-0.3, -0.25) is 9.59 Å². The third-order valence-corrected chi connectivity index (χ3v) is 4.52.